The molecule has 0 aliphatic carbocycles. The molecule has 2 saturated heterocycles. The molecule has 0 saturated carbocycles. The van der Waals surface area contributed by atoms with Crippen molar-refractivity contribution in [2.24, 2.45) is 5.92 Å². The second-order valence-electron chi connectivity index (χ2n) is 8.78. The number of aryl methyl sites for hydroxylation is 1. The molecule has 0 radical (unpaired) electrons. The Morgan fingerprint density at radius 2 is 1.68 bits per heavy atom. The number of carbonyl (C=O) groups is 1. The average Bonchev–Trinajstić information content (AvgIpc) is 3.06. The standard InChI is InChI=1S/C24H29N5O2/c1-17-6-8-18(9-7-17)21-20-22(25-16-26-23(20)31-27-21)28-14-10-19(11-15-28)24(30)29-12-4-2-3-5-13-29/h6-9,16,19H,2-5,10-15H2,1H3. The van der Waals surface area contributed by atoms with Gasteiger partial charge in [-0.3, -0.25) is 4.79 Å². The fourth-order valence-corrected chi connectivity index (χ4v) is 4.81. The summed E-state index contributed by atoms with van der Waals surface area (Å²) in [5, 5.41) is 5.15. The van der Waals surface area contributed by atoms with E-state index >= 15 is 0 Å². The largest absolute Gasteiger partial charge is 0.356 e. The summed E-state index contributed by atoms with van der Waals surface area (Å²) in [6.45, 7) is 5.51. The molecule has 2 aromatic heterocycles. The molecule has 2 fully saturated rings. The van der Waals surface area contributed by atoms with Gasteiger partial charge < -0.3 is 14.3 Å². The van der Waals surface area contributed by atoms with E-state index in [0.717, 1.165) is 74.3 Å². The van der Waals surface area contributed by atoms with Gasteiger partial charge in [-0.25, -0.2) is 4.98 Å². The third-order valence-electron chi connectivity index (χ3n) is 6.64. The molecular weight excluding hydrogens is 390 g/mol. The predicted octanol–water partition coefficient (Wildman–Crippen LogP) is 4.21. The van der Waals surface area contributed by atoms with Crippen LogP contribution >= 0.6 is 0 Å². The lowest BCUT2D eigenvalue weighted by Crippen LogP contribution is -2.43. The van der Waals surface area contributed by atoms with Crippen LogP contribution in [-0.2, 0) is 4.79 Å². The molecule has 5 rings (SSSR count). The number of amides is 1. The summed E-state index contributed by atoms with van der Waals surface area (Å²) in [5.41, 5.74) is 3.47. The maximum atomic E-state index is 13.0. The Morgan fingerprint density at radius 1 is 0.968 bits per heavy atom. The summed E-state index contributed by atoms with van der Waals surface area (Å²) in [7, 11) is 0. The van der Waals surface area contributed by atoms with Crippen molar-refractivity contribution < 1.29 is 9.32 Å². The third-order valence-corrected chi connectivity index (χ3v) is 6.64. The monoisotopic (exact) mass is 419 g/mol. The van der Waals surface area contributed by atoms with Gasteiger partial charge in [0.1, 0.15) is 23.2 Å². The quantitative estimate of drug-likeness (QED) is 0.633. The molecule has 162 valence electrons. The average molecular weight is 420 g/mol. The van der Waals surface area contributed by atoms with E-state index in [2.05, 4.69) is 56.1 Å². The third kappa shape index (κ3) is 4.01. The van der Waals surface area contributed by atoms with E-state index in [1.807, 2.05) is 0 Å². The van der Waals surface area contributed by atoms with Crippen LogP contribution in [0.3, 0.4) is 0 Å². The fourth-order valence-electron chi connectivity index (χ4n) is 4.81. The summed E-state index contributed by atoms with van der Waals surface area (Å²) < 4.78 is 5.53. The highest BCUT2D eigenvalue weighted by Gasteiger charge is 2.31. The lowest BCUT2D eigenvalue weighted by molar-refractivity contribution is -0.136. The van der Waals surface area contributed by atoms with Crippen LogP contribution < -0.4 is 4.90 Å². The Hall–Kier alpha value is -2.96. The molecule has 2 aliphatic rings. The van der Waals surface area contributed by atoms with Crippen molar-refractivity contribution in [1.29, 1.82) is 0 Å². The zero-order chi connectivity index (χ0) is 21.2. The second-order valence-corrected chi connectivity index (χ2v) is 8.78. The Bertz CT molecular complexity index is 1050. The molecule has 0 spiro atoms. The van der Waals surface area contributed by atoms with Crippen molar-refractivity contribution in [3.63, 3.8) is 0 Å². The van der Waals surface area contributed by atoms with Crippen LogP contribution in [0.5, 0.6) is 0 Å². The molecule has 7 heteroatoms. The Balaban J connectivity index is 1.35. The molecule has 1 aromatic carbocycles. The number of hydrogen-bond donors (Lipinski definition) is 0. The molecule has 0 N–H and O–H groups in total. The number of aromatic nitrogens is 3. The van der Waals surface area contributed by atoms with Crippen LogP contribution in [0, 0.1) is 12.8 Å². The minimum Gasteiger partial charge on any atom is -0.356 e. The van der Waals surface area contributed by atoms with Crippen molar-refractivity contribution in [2.75, 3.05) is 31.1 Å². The molecule has 31 heavy (non-hydrogen) atoms. The first kappa shape index (κ1) is 20.0. The molecule has 4 heterocycles. The molecule has 0 unspecified atom stereocenters. The fraction of sp³-hybridized carbons (Fsp3) is 0.500. The molecular formula is C24H29N5O2. The van der Waals surface area contributed by atoms with E-state index < -0.39 is 0 Å². The normalized spacial score (nSPS) is 18.4. The van der Waals surface area contributed by atoms with Crippen LogP contribution in [0.25, 0.3) is 22.4 Å². The van der Waals surface area contributed by atoms with E-state index in [1.54, 1.807) is 0 Å². The second kappa shape index (κ2) is 8.65. The van der Waals surface area contributed by atoms with E-state index in [4.69, 9.17) is 4.52 Å². The van der Waals surface area contributed by atoms with Crippen LogP contribution in [-0.4, -0.2) is 52.1 Å². The maximum absolute atomic E-state index is 13.0. The van der Waals surface area contributed by atoms with E-state index in [1.165, 1.54) is 24.7 Å². The number of fused-ring (bicyclic) bond motifs is 1. The van der Waals surface area contributed by atoms with Crippen LogP contribution in [0.2, 0.25) is 0 Å². The molecule has 0 bridgehead atoms. The number of anilines is 1. The highest BCUT2D eigenvalue weighted by atomic mass is 16.5. The molecule has 7 nitrogen and oxygen atoms in total. The summed E-state index contributed by atoms with van der Waals surface area (Å²) in [6.07, 6.45) is 8.01. The summed E-state index contributed by atoms with van der Waals surface area (Å²) >= 11 is 0. The minimum atomic E-state index is 0.116. The van der Waals surface area contributed by atoms with Crippen molar-refractivity contribution in [3.8, 4) is 11.3 Å². The summed E-state index contributed by atoms with van der Waals surface area (Å²) in [5.74, 6) is 1.31. The Labute approximate surface area is 182 Å². The van der Waals surface area contributed by atoms with Gasteiger partial charge in [0.25, 0.3) is 5.71 Å². The lowest BCUT2D eigenvalue weighted by atomic mass is 9.94. The zero-order valence-electron chi connectivity index (χ0n) is 18.1. The van der Waals surface area contributed by atoms with Crippen molar-refractivity contribution in [2.45, 2.75) is 45.4 Å². The number of likely N-dealkylation sites (tertiary alicyclic amines) is 1. The van der Waals surface area contributed by atoms with Gasteiger partial charge in [0.2, 0.25) is 5.91 Å². The first-order valence-electron chi connectivity index (χ1n) is 11.4. The topological polar surface area (TPSA) is 75.4 Å². The Kier molecular flexibility index (Phi) is 5.57. The van der Waals surface area contributed by atoms with Gasteiger partial charge >= 0.3 is 0 Å². The molecule has 3 aromatic rings. The van der Waals surface area contributed by atoms with Gasteiger partial charge in [0.15, 0.2) is 0 Å². The van der Waals surface area contributed by atoms with Gasteiger partial charge in [-0.15, -0.1) is 0 Å². The Morgan fingerprint density at radius 3 is 2.39 bits per heavy atom. The number of benzene rings is 1. The van der Waals surface area contributed by atoms with E-state index in [-0.39, 0.29) is 5.92 Å². The summed E-state index contributed by atoms with van der Waals surface area (Å²) in [4.78, 5) is 26.3. The van der Waals surface area contributed by atoms with Crippen LogP contribution in [0.1, 0.15) is 44.1 Å². The highest BCUT2D eigenvalue weighted by Crippen LogP contribution is 2.35. The number of carbonyl (C=O) groups excluding carboxylic acids is 1. The number of piperidine rings is 1. The van der Waals surface area contributed by atoms with Crippen molar-refractivity contribution >= 4 is 22.8 Å². The van der Waals surface area contributed by atoms with E-state index in [9.17, 15) is 4.79 Å². The number of rotatable bonds is 3. The van der Waals surface area contributed by atoms with Crippen LogP contribution in [0.4, 0.5) is 5.82 Å². The minimum absolute atomic E-state index is 0.116. The zero-order valence-corrected chi connectivity index (χ0v) is 18.1. The first-order chi connectivity index (χ1) is 15.2. The highest BCUT2D eigenvalue weighted by molar-refractivity contribution is 5.98. The first-order valence-corrected chi connectivity index (χ1v) is 11.4. The van der Waals surface area contributed by atoms with Gasteiger partial charge in [0, 0.05) is 37.7 Å². The van der Waals surface area contributed by atoms with Crippen LogP contribution in [0.15, 0.2) is 35.1 Å². The lowest BCUT2D eigenvalue weighted by Gasteiger charge is -2.34. The number of hydrogen-bond acceptors (Lipinski definition) is 6. The molecule has 1 amide bonds. The van der Waals surface area contributed by atoms with Gasteiger partial charge in [-0.1, -0.05) is 47.8 Å². The SMILES string of the molecule is Cc1ccc(-c2noc3ncnc(N4CCC(C(=O)N5CCCCCC5)CC4)c23)cc1. The van der Waals surface area contributed by atoms with Crippen molar-refractivity contribution in [1.82, 2.24) is 20.0 Å². The van der Waals surface area contributed by atoms with Gasteiger partial charge in [-0.05, 0) is 32.6 Å². The van der Waals surface area contributed by atoms with Crippen molar-refractivity contribution in [3.05, 3.63) is 36.2 Å². The predicted molar refractivity (Wildman–Crippen MR) is 120 cm³/mol. The maximum Gasteiger partial charge on any atom is 0.263 e. The molecule has 2 aliphatic heterocycles. The summed E-state index contributed by atoms with van der Waals surface area (Å²) in [6, 6.07) is 8.24. The van der Waals surface area contributed by atoms with E-state index in [0.29, 0.717) is 11.6 Å². The van der Waals surface area contributed by atoms with Gasteiger partial charge in [-0.2, -0.15) is 4.98 Å². The smallest absolute Gasteiger partial charge is 0.263 e. The number of nitrogens with zero attached hydrogens (tertiary/aromatic N) is 5. The van der Waals surface area contributed by atoms with Gasteiger partial charge in [0.05, 0.1) is 0 Å². The molecule has 0 atom stereocenters.